The number of hydrogen-bond donors (Lipinski definition) is 3. The average Bonchev–Trinajstić information content (AvgIpc) is 3.23. The summed E-state index contributed by atoms with van der Waals surface area (Å²) >= 11 is 0. The first kappa shape index (κ1) is 20.9. The normalized spacial score (nSPS) is 22.4. The predicted octanol–water partition coefficient (Wildman–Crippen LogP) is 2.15. The number of anilines is 2. The summed E-state index contributed by atoms with van der Waals surface area (Å²) in [6.45, 7) is 4.02. The second-order valence-electron chi connectivity index (χ2n) is 8.72. The maximum Gasteiger partial charge on any atom is 0.247 e. The third kappa shape index (κ3) is 4.71. The van der Waals surface area contributed by atoms with Gasteiger partial charge in [0.2, 0.25) is 17.7 Å². The van der Waals surface area contributed by atoms with E-state index in [-0.39, 0.29) is 36.5 Å². The molecule has 1 unspecified atom stereocenters. The van der Waals surface area contributed by atoms with E-state index in [0.29, 0.717) is 23.6 Å². The highest BCUT2D eigenvalue weighted by atomic mass is 16.2. The van der Waals surface area contributed by atoms with Crippen LogP contribution in [0.15, 0.2) is 30.0 Å². The van der Waals surface area contributed by atoms with Crippen LogP contribution in [0.3, 0.4) is 0 Å². The molecule has 162 valence electrons. The van der Waals surface area contributed by atoms with E-state index in [4.69, 9.17) is 5.26 Å². The molecule has 3 N–H and O–H groups in total. The fourth-order valence-corrected chi connectivity index (χ4v) is 4.44. The van der Waals surface area contributed by atoms with Gasteiger partial charge in [0.1, 0.15) is 6.04 Å². The van der Waals surface area contributed by atoms with Crippen molar-refractivity contribution in [3.8, 4) is 6.07 Å². The first-order chi connectivity index (χ1) is 14.9. The zero-order valence-corrected chi connectivity index (χ0v) is 17.6. The number of piperidine rings is 2. The molecular weight excluding hydrogens is 394 g/mol. The molecule has 0 aromatic heterocycles. The first-order valence-corrected chi connectivity index (χ1v) is 10.8. The highest BCUT2D eigenvalue weighted by molar-refractivity contribution is 6.00. The summed E-state index contributed by atoms with van der Waals surface area (Å²) in [5, 5.41) is 17.4. The van der Waals surface area contributed by atoms with E-state index < -0.39 is 6.04 Å². The van der Waals surface area contributed by atoms with Crippen LogP contribution < -0.4 is 20.9 Å². The molecule has 8 nitrogen and oxygen atoms in total. The number of carbonyl (C=O) groups excluding carboxylic acids is 3. The Balaban J connectivity index is 1.58. The molecule has 3 aliphatic heterocycles. The highest BCUT2D eigenvalue weighted by Gasteiger charge is 2.29. The van der Waals surface area contributed by atoms with Crippen LogP contribution in [0.4, 0.5) is 11.4 Å². The Bertz CT molecular complexity index is 956. The zero-order valence-electron chi connectivity index (χ0n) is 17.6. The molecule has 1 aromatic carbocycles. The molecule has 2 saturated heterocycles. The monoisotopic (exact) mass is 421 g/mol. The molecule has 3 heterocycles. The molecule has 8 heteroatoms. The van der Waals surface area contributed by atoms with Crippen LogP contribution in [0, 0.1) is 17.2 Å². The molecule has 4 rings (SSSR count). The van der Waals surface area contributed by atoms with E-state index in [0.717, 1.165) is 37.2 Å². The number of carbonyl (C=O) groups is 3. The fourth-order valence-electron chi connectivity index (χ4n) is 4.44. The van der Waals surface area contributed by atoms with Gasteiger partial charge in [0.15, 0.2) is 0 Å². The maximum atomic E-state index is 12.8. The number of amides is 3. The van der Waals surface area contributed by atoms with Crippen molar-refractivity contribution in [2.75, 3.05) is 23.3 Å². The Morgan fingerprint density at radius 2 is 1.87 bits per heavy atom. The molecule has 1 atom stereocenters. The molecule has 0 saturated carbocycles. The van der Waals surface area contributed by atoms with Gasteiger partial charge >= 0.3 is 0 Å². The second kappa shape index (κ2) is 8.80. The summed E-state index contributed by atoms with van der Waals surface area (Å²) < 4.78 is 0. The lowest BCUT2D eigenvalue weighted by atomic mass is 9.88. The number of nitrogens with one attached hydrogen (secondary N) is 3. The minimum atomic E-state index is -0.469. The van der Waals surface area contributed by atoms with Crippen LogP contribution in [0.5, 0.6) is 0 Å². The van der Waals surface area contributed by atoms with E-state index in [1.165, 1.54) is 0 Å². The fraction of sp³-hybridized carbons (Fsp3) is 0.478. The molecule has 31 heavy (non-hydrogen) atoms. The number of nitrogens with zero attached hydrogens (tertiary/aromatic N) is 2. The minimum absolute atomic E-state index is 0.160. The van der Waals surface area contributed by atoms with Crippen molar-refractivity contribution < 1.29 is 14.4 Å². The van der Waals surface area contributed by atoms with E-state index >= 15 is 0 Å². The molecule has 0 aliphatic carbocycles. The second-order valence-corrected chi connectivity index (χ2v) is 8.72. The smallest absolute Gasteiger partial charge is 0.247 e. The summed E-state index contributed by atoms with van der Waals surface area (Å²) in [7, 11) is 0. The summed E-state index contributed by atoms with van der Waals surface area (Å²) in [4.78, 5) is 38.8. The number of benzene rings is 1. The lowest BCUT2D eigenvalue weighted by Gasteiger charge is -2.34. The summed E-state index contributed by atoms with van der Waals surface area (Å²) in [5.74, 6) is -0.184. The third-order valence-electron chi connectivity index (χ3n) is 6.36. The Morgan fingerprint density at radius 3 is 2.52 bits per heavy atom. The quantitative estimate of drug-likeness (QED) is 0.642. The van der Waals surface area contributed by atoms with Gasteiger partial charge in [0.05, 0.1) is 17.4 Å². The van der Waals surface area contributed by atoms with Gasteiger partial charge in [-0.05, 0) is 36.5 Å². The molecule has 3 amide bonds. The topological polar surface area (TPSA) is 114 Å². The number of imide groups is 1. The molecular formula is C23H27N5O3. The van der Waals surface area contributed by atoms with Gasteiger partial charge < -0.3 is 15.5 Å². The van der Waals surface area contributed by atoms with E-state index in [2.05, 4.69) is 33.8 Å². The predicted molar refractivity (Wildman–Crippen MR) is 116 cm³/mol. The van der Waals surface area contributed by atoms with Gasteiger partial charge in [-0.25, -0.2) is 0 Å². The Morgan fingerprint density at radius 1 is 1.16 bits per heavy atom. The first-order valence-electron chi connectivity index (χ1n) is 10.8. The zero-order chi connectivity index (χ0) is 22.0. The SMILES string of the molecule is CC1CCN(c2cc(C3CC(=O)NC(=O)C3)ccc2NC(=O)C2CC(C#N)=CN2)CC1. The van der Waals surface area contributed by atoms with Crippen LogP contribution in [-0.4, -0.2) is 36.9 Å². The van der Waals surface area contributed by atoms with Crippen molar-refractivity contribution in [3.63, 3.8) is 0 Å². The Kier molecular flexibility index (Phi) is 5.94. The summed E-state index contributed by atoms with van der Waals surface area (Å²) in [5.41, 5.74) is 3.12. The number of nitriles is 1. The molecule has 0 radical (unpaired) electrons. The van der Waals surface area contributed by atoms with Gasteiger partial charge in [-0.15, -0.1) is 0 Å². The minimum Gasteiger partial charge on any atom is -0.379 e. The van der Waals surface area contributed by atoms with Crippen molar-refractivity contribution >= 4 is 29.1 Å². The Labute approximate surface area is 181 Å². The van der Waals surface area contributed by atoms with Crippen molar-refractivity contribution in [1.29, 1.82) is 5.26 Å². The van der Waals surface area contributed by atoms with Crippen LogP contribution in [-0.2, 0) is 14.4 Å². The lowest BCUT2D eigenvalue weighted by Crippen LogP contribution is -2.38. The highest BCUT2D eigenvalue weighted by Crippen LogP contribution is 2.36. The van der Waals surface area contributed by atoms with Gasteiger partial charge in [-0.3, -0.25) is 19.7 Å². The third-order valence-corrected chi connectivity index (χ3v) is 6.36. The van der Waals surface area contributed by atoms with Crippen LogP contribution in [0.2, 0.25) is 0 Å². The molecule has 0 spiro atoms. The van der Waals surface area contributed by atoms with Crippen molar-refractivity contribution in [2.24, 2.45) is 5.92 Å². The molecule has 3 aliphatic rings. The number of rotatable bonds is 4. The summed E-state index contributed by atoms with van der Waals surface area (Å²) in [6, 6.07) is 7.39. The lowest BCUT2D eigenvalue weighted by molar-refractivity contribution is -0.133. The van der Waals surface area contributed by atoms with Crippen molar-refractivity contribution in [2.45, 2.75) is 51.0 Å². The molecule has 2 fully saturated rings. The number of hydrogen-bond acceptors (Lipinski definition) is 6. The van der Waals surface area contributed by atoms with Gasteiger partial charge in [-0.2, -0.15) is 5.26 Å². The van der Waals surface area contributed by atoms with Gasteiger partial charge in [0, 0.05) is 50.0 Å². The van der Waals surface area contributed by atoms with Gasteiger partial charge in [-0.1, -0.05) is 13.0 Å². The van der Waals surface area contributed by atoms with E-state index in [1.54, 1.807) is 6.20 Å². The van der Waals surface area contributed by atoms with Crippen LogP contribution in [0.1, 0.15) is 50.5 Å². The summed E-state index contributed by atoms with van der Waals surface area (Å²) in [6.07, 6.45) is 4.66. The molecule has 0 bridgehead atoms. The van der Waals surface area contributed by atoms with Crippen molar-refractivity contribution in [1.82, 2.24) is 10.6 Å². The van der Waals surface area contributed by atoms with Crippen molar-refractivity contribution in [3.05, 3.63) is 35.5 Å². The molecule has 1 aromatic rings. The van der Waals surface area contributed by atoms with E-state index in [9.17, 15) is 14.4 Å². The van der Waals surface area contributed by atoms with Crippen LogP contribution in [0.25, 0.3) is 0 Å². The largest absolute Gasteiger partial charge is 0.379 e. The maximum absolute atomic E-state index is 12.8. The van der Waals surface area contributed by atoms with E-state index in [1.807, 2.05) is 18.2 Å². The average molecular weight is 422 g/mol. The van der Waals surface area contributed by atoms with Crippen LogP contribution >= 0.6 is 0 Å². The Hall–Kier alpha value is -3.34. The van der Waals surface area contributed by atoms with Gasteiger partial charge in [0.25, 0.3) is 0 Å². The standard InChI is InChI=1S/C23H27N5O3/c1-14-4-6-28(7-5-14)20-9-16(17-10-21(29)27-22(30)11-17)2-3-18(20)26-23(31)19-8-15(12-24)13-25-19/h2-3,9,13-14,17,19,25H,4-8,10-11H2,1H3,(H,26,31)(H,27,29,30).